The molecule has 0 atom stereocenters. The van der Waals surface area contributed by atoms with Crippen molar-refractivity contribution in [2.75, 3.05) is 11.5 Å². The molecular formula is C16H17N3S2. The normalized spacial score (nSPS) is 11.0. The second-order valence-electron chi connectivity index (χ2n) is 4.82. The number of nitrogens with two attached hydrogens (primary N) is 1. The lowest BCUT2D eigenvalue weighted by Crippen LogP contribution is -1.95. The van der Waals surface area contributed by atoms with Crippen LogP contribution < -0.4 is 5.73 Å². The van der Waals surface area contributed by atoms with Crippen LogP contribution >= 0.6 is 23.1 Å². The molecule has 0 saturated carbocycles. The van der Waals surface area contributed by atoms with Crippen molar-refractivity contribution >= 4 is 39.1 Å². The average Bonchev–Trinajstić information content (AvgIpc) is 2.97. The number of hydrogen-bond donors (Lipinski definition) is 1. The molecule has 0 spiro atoms. The Balaban J connectivity index is 1.48. The number of benzene rings is 1. The van der Waals surface area contributed by atoms with Gasteiger partial charge in [-0.25, -0.2) is 9.97 Å². The maximum Gasteiger partial charge on any atom is 0.190 e. The van der Waals surface area contributed by atoms with Crippen molar-refractivity contribution in [2.24, 2.45) is 0 Å². The molecule has 2 heterocycles. The molecule has 1 aromatic carbocycles. The highest BCUT2D eigenvalue weighted by molar-refractivity contribution is 7.99. The van der Waals surface area contributed by atoms with Gasteiger partial charge in [-0.3, -0.25) is 0 Å². The van der Waals surface area contributed by atoms with Crippen molar-refractivity contribution in [2.45, 2.75) is 24.4 Å². The zero-order valence-corrected chi connectivity index (χ0v) is 13.3. The van der Waals surface area contributed by atoms with E-state index < -0.39 is 0 Å². The van der Waals surface area contributed by atoms with Gasteiger partial charge in [-0.05, 0) is 36.3 Å². The van der Waals surface area contributed by atoms with Crippen LogP contribution in [0, 0.1) is 0 Å². The second-order valence-corrected chi connectivity index (χ2v) is 6.78. The molecular weight excluding hydrogens is 298 g/mol. The molecule has 0 amide bonds. The van der Waals surface area contributed by atoms with Crippen LogP contribution in [0.2, 0.25) is 0 Å². The fraction of sp³-hybridized carbons (Fsp3) is 0.250. The number of thioether (sulfide) groups is 1. The first-order chi connectivity index (χ1) is 10.3. The predicted octanol–water partition coefficient (Wildman–Crippen LogP) is 4.39. The fourth-order valence-corrected chi connectivity index (χ4v) is 3.84. The summed E-state index contributed by atoms with van der Waals surface area (Å²) in [6.07, 6.45) is 3.48. The molecule has 3 rings (SSSR count). The van der Waals surface area contributed by atoms with Gasteiger partial charge < -0.3 is 5.73 Å². The molecule has 0 saturated heterocycles. The molecule has 108 valence electrons. The van der Waals surface area contributed by atoms with E-state index in [1.807, 2.05) is 11.4 Å². The van der Waals surface area contributed by atoms with E-state index in [0.717, 1.165) is 34.0 Å². The number of anilines is 1. The maximum absolute atomic E-state index is 5.95. The SMILES string of the molecule is Nc1nc(SCCCCc2ccccc2)nc2sccc12. The van der Waals surface area contributed by atoms with Crippen LogP contribution in [0.3, 0.4) is 0 Å². The highest BCUT2D eigenvalue weighted by Crippen LogP contribution is 2.26. The van der Waals surface area contributed by atoms with Gasteiger partial charge in [0.1, 0.15) is 10.6 Å². The number of aromatic nitrogens is 2. The Morgan fingerprint density at radius 3 is 2.76 bits per heavy atom. The van der Waals surface area contributed by atoms with E-state index in [2.05, 4.69) is 40.3 Å². The van der Waals surface area contributed by atoms with Crippen LogP contribution in [0.1, 0.15) is 18.4 Å². The zero-order valence-electron chi connectivity index (χ0n) is 11.7. The summed E-state index contributed by atoms with van der Waals surface area (Å²) < 4.78 is 0. The van der Waals surface area contributed by atoms with Crippen LogP contribution in [0.25, 0.3) is 10.2 Å². The number of nitrogen functional groups attached to an aromatic ring is 1. The number of aryl methyl sites for hydroxylation is 1. The minimum atomic E-state index is 0.591. The third-order valence-electron chi connectivity index (χ3n) is 3.27. The summed E-state index contributed by atoms with van der Waals surface area (Å²) >= 11 is 3.30. The quantitative estimate of drug-likeness (QED) is 0.416. The molecule has 3 aromatic rings. The molecule has 0 aliphatic carbocycles. The molecule has 0 bridgehead atoms. The highest BCUT2D eigenvalue weighted by Gasteiger charge is 2.06. The van der Waals surface area contributed by atoms with E-state index in [1.165, 1.54) is 12.0 Å². The first-order valence-electron chi connectivity index (χ1n) is 7.00. The Morgan fingerprint density at radius 1 is 1.05 bits per heavy atom. The zero-order chi connectivity index (χ0) is 14.5. The van der Waals surface area contributed by atoms with E-state index in [9.17, 15) is 0 Å². The minimum absolute atomic E-state index is 0.591. The number of hydrogen-bond acceptors (Lipinski definition) is 5. The average molecular weight is 315 g/mol. The molecule has 0 aliphatic heterocycles. The van der Waals surface area contributed by atoms with Gasteiger partial charge in [-0.1, -0.05) is 42.1 Å². The van der Waals surface area contributed by atoms with Crippen LogP contribution in [-0.4, -0.2) is 15.7 Å². The van der Waals surface area contributed by atoms with Crippen molar-refractivity contribution in [3.8, 4) is 0 Å². The van der Waals surface area contributed by atoms with E-state index in [1.54, 1.807) is 23.1 Å². The number of rotatable bonds is 6. The predicted molar refractivity (Wildman–Crippen MR) is 91.9 cm³/mol. The van der Waals surface area contributed by atoms with Crippen molar-refractivity contribution in [1.82, 2.24) is 9.97 Å². The standard InChI is InChI=1S/C16H17N3S2/c17-14-13-9-11-20-15(13)19-16(18-14)21-10-5-4-8-12-6-2-1-3-7-12/h1-3,6-7,9,11H,4-5,8,10H2,(H2,17,18,19). The van der Waals surface area contributed by atoms with Crippen LogP contribution in [0.4, 0.5) is 5.82 Å². The molecule has 0 radical (unpaired) electrons. The van der Waals surface area contributed by atoms with Crippen molar-refractivity contribution in [3.63, 3.8) is 0 Å². The summed E-state index contributed by atoms with van der Waals surface area (Å²) in [6, 6.07) is 12.6. The van der Waals surface area contributed by atoms with Crippen molar-refractivity contribution in [3.05, 3.63) is 47.3 Å². The summed E-state index contributed by atoms with van der Waals surface area (Å²) in [5.41, 5.74) is 7.36. The molecule has 3 nitrogen and oxygen atoms in total. The Kier molecular flexibility index (Phi) is 4.72. The number of unbranched alkanes of at least 4 members (excludes halogenated alkanes) is 1. The third kappa shape index (κ3) is 3.74. The number of nitrogens with zero attached hydrogens (tertiary/aromatic N) is 2. The van der Waals surface area contributed by atoms with Crippen LogP contribution in [0.5, 0.6) is 0 Å². The number of fused-ring (bicyclic) bond motifs is 1. The topological polar surface area (TPSA) is 51.8 Å². The Hall–Kier alpha value is -1.59. The number of thiophene rings is 1. The Morgan fingerprint density at radius 2 is 1.90 bits per heavy atom. The second kappa shape index (κ2) is 6.91. The van der Waals surface area contributed by atoms with Gasteiger partial charge in [0.25, 0.3) is 0 Å². The smallest absolute Gasteiger partial charge is 0.190 e. The molecule has 2 aromatic heterocycles. The Bertz CT molecular complexity index is 710. The van der Waals surface area contributed by atoms with E-state index in [0.29, 0.717) is 5.82 Å². The summed E-state index contributed by atoms with van der Waals surface area (Å²) in [5.74, 6) is 1.62. The molecule has 0 unspecified atom stereocenters. The van der Waals surface area contributed by atoms with Gasteiger partial charge in [-0.2, -0.15) is 0 Å². The third-order valence-corrected chi connectivity index (χ3v) is 5.01. The lowest BCUT2D eigenvalue weighted by atomic mass is 10.1. The molecule has 5 heteroatoms. The molecule has 21 heavy (non-hydrogen) atoms. The summed E-state index contributed by atoms with van der Waals surface area (Å²) in [7, 11) is 0. The molecule has 0 aliphatic rings. The summed E-state index contributed by atoms with van der Waals surface area (Å²) in [5, 5.41) is 3.76. The largest absolute Gasteiger partial charge is 0.383 e. The lowest BCUT2D eigenvalue weighted by Gasteiger charge is -2.03. The van der Waals surface area contributed by atoms with Gasteiger partial charge in [0.15, 0.2) is 5.16 Å². The molecule has 0 fully saturated rings. The van der Waals surface area contributed by atoms with Gasteiger partial charge in [0.2, 0.25) is 0 Å². The fourth-order valence-electron chi connectivity index (χ4n) is 2.16. The molecule has 2 N–H and O–H groups in total. The summed E-state index contributed by atoms with van der Waals surface area (Å²) in [6.45, 7) is 0. The van der Waals surface area contributed by atoms with Gasteiger partial charge in [0, 0.05) is 5.75 Å². The highest BCUT2D eigenvalue weighted by atomic mass is 32.2. The van der Waals surface area contributed by atoms with Gasteiger partial charge in [-0.15, -0.1) is 11.3 Å². The maximum atomic E-state index is 5.95. The van der Waals surface area contributed by atoms with E-state index in [-0.39, 0.29) is 0 Å². The monoisotopic (exact) mass is 315 g/mol. The first kappa shape index (κ1) is 14.4. The summed E-state index contributed by atoms with van der Waals surface area (Å²) in [4.78, 5) is 9.89. The van der Waals surface area contributed by atoms with Crippen molar-refractivity contribution in [1.29, 1.82) is 0 Å². The Labute approximate surface area is 132 Å². The van der Waals surface area contributed by atoms with E-state index in [4.69, 9.17) is 5.73 Å². The lowest BCUT2D eigenvalue weighted by molar-refractivity contribution is 0.801. The van der Waals surface area contributed by atoms with Gasteiger partial charge in [0.05, 0.1) is 5.39 Å². The van der Waals surface area contributed by atoms with E-state index >= 15 is 0 Å². The van der Waals surface area contributed by atoms with Crippen LogP contribution in [-0.2, 0) is 6.42 Å². The van der Waals surface area contributed by atoms with Gasteiger partial charge >= 0.3 is 0 Å². The van der Waals surface area contributed by atoms with Crippen LogP contribution in [0.15, 0.2) is 46.9 Å². The minimum Gasteiger partial charge on any atom is -0.383 e. The first-order valence-corrected chi connectivity index (χ1v) is 8.87. The van der Waals surface area contributed by atoms with Crippen molar-refractivity contribution < 1.29 is 0 Å².